The fraction of sp³-hybridized carbons (Fsp3) is 0.500. The molecule has 140 valence electrons. The Bertz CT molecular complexity index is 984. The topological polar surface area (TPSA) is 95.0 Å². The molecule has 3 aromatic rings. The minimum absolute atomic E-state index is 0.135. The zero-order chi connectivity index (χ0) is 18.3. The summed E-state index contributed by atoms with van der Waals surface area (Å²) in [6.45, 7) is 2.81. The van der Waals surface area contributed by atoms with E-state index < -0.39 is 0 Å². The number of hydrogen-bond donors (Lipinski definition) is 1. The van der Waals surface area contributed by atoms with Gasteiger partial charge in [0.15, 0.2) is 5.65 Å². The van der Waals surface area contributed by atoms with Gasteiger partial charge in [0.1, 0.15) is 18.3 Å². The molecule has 0 aromatic carbocycles. The van der Waals surface area contributed by atoms with Crippen LogP contribution in [0.25, 0.3) is 11.0 Å². The van der Waals surface area contributed by atoms with Gasteiger partial charge in [-0.2, -0.15) is 5.10 Å². The van der Waals surface area contributed by atoms with Crippen LogP contribution in [0.5, 0.6) is 0 Å². The summed E-state index contributed by atoms with van der Waals surface area (Å²) in [6.07, 6.45) is 13.6. The quantitative estimate of drug-likeness (QED) is 0.763. The molecule has 1 spiro atoms. The summed E-state index contributed by atoms with van der Waals surface area (Å²) < 4.78 is 3.60. The highest BCUT2D eigenvalue weighted by molar-refractivity contribution is 6.10. The van der Waals surface area contributed by atoms with E-state index in [0.29, 0.717) is 0 Å². The Balaban J connectivity index is 1.57. The van der Waals surface area contributed by atoms with E-state index in [9.17, 15) is 0 Å². The first-order valence-corrected chi connectivity index (χ1v) is 9.50. The number of aryl methyl sites for hydroxylation is 1. The van der Waals surface area contributed by atoms with Gasteiger partial charge in [0, 0.05) is 24.7 Å². The Morgan fingerprint density at radius 2 is 1.96 bits per heavy atom. The molecule has 1 saturated carbocycles. The lowest BCUT2D eigenvalue weighted by atomic mass is 9.81. The standard InChI is InChI=1S/C18H22N8O/c1-2-26-17-14(10-22-26)16(23-25-11-20-21-12-25)13(9-19-17)15-8-18(27-24-15)6-4-3-5-7-18/h9-12H,2-8H2,1H3,(H,19,23). The number of aromatic nitrogens is 6. The third-order valence-electron chi connectivity index (χ3n) is 5.54. The maximum Gasteiger partial charge on any atom is 0.159 e. The second-order valence-corrected chi connectivity index (χ2v) is 7.28. The first kappa shape index (κ1) is 16.2. The van der Waals surface area contributed by atoms with Gasteiger partial charge in [-0.3, -0.25) is 5.43 Å². The van der Waals surface area contributed by atoms with E-state index in [1.54, 1.807) is 17.3 Å². The smallest absolute Gasteiger partial charge is 0.159 e. The summed E-state index contributed by atoms with van der Waals surface area (Å²) in [4.78, 5) is 10.6. The number of hydrogen-bond acceptors (Lipinski definition) is 7. The highest BCUT2D eigenvalue weighted by Gasteiger charge is 2.41. The Labute approximate surface area is 156 Å². The van der Waals surface area contributed by atoms with Crippen molar-refractivity contribution in [2.24, 2.45) is 5.16 Å². The van der Waals surface area contributed by atoms with E-state index in [4.69, 9.17) is 4.84 Å². The monoisotopic (exact) mass is 366 g/mol. The van der Waals surface area contributed by atoms with Crippen LogP contribution in [0.15, 0.2) is 30.2 Å². The highest BCUT2D eigenvalue weighted by Crippen LogP contribution is 2.41. The van der Waals surface area contributed by atoms with Crippen molar-refractivity contribution in [3.63, 3.8) is 0 Å². The van der Waals surface area contributed by atoms with E-state index in [0.717, 1.165) is 53.8 Å². The van der Waals surface area contributed by atoms with Crippen LogP contribution in [-0.4, -0.2) is 41.0 Å². The Hall–Kier alpha value is -2.97. The van der Waals surface area contributed by atoms with E-state index in [1.165, 1.54) is 19.3 Å². The summed E-state index contributed by atoms with van der Waals surface area (Å²) >= 11 is 0. The van der Waals surface area contributed by atoms with Crippen molar-refractivity contribution >= 4 is 22.4 Å². The van der Waals surface area contributed by atoms with E-state index >= 15 is 0 Å². The number of fused-ring (bicyclic) bond motifs is 1. The molecule has 9 nitrogen and oxygen atoms in total. The number of anilines is 1. The van der Waals surface area contributed by atoms with E-state index in [-0.39, 0.29) is 5.60 Å². The van der Waals surface area contributed by atoms with Gasteiger partial charge in [0.25, 0.3) is 0 Å². The van der Waals surface area contributed by atoms with Gasteiger partial charge in [-0.15, -0.1) is 10.2 Å². The van der Waals surface area contributed by atoms with Gasteiger partial charge >= 0.3 is 0 Å². The number of nitrogens with zero attached hydrogens (tertiary/aromatic N) is 7. The molecular formula is C18H22N8O. The van der Waals surface area contributed by atoms with Crippen molar-refractivity contribution in [3.8, 4) is 0 Å². The lowest BCUT2D eigenvalue weighted by Crippen LogP contribution is -2.31. The summed E-state index contributed by atoms with van der Waals surface area (Å²) in [5, 5.41) is 17.6. The molecule has 27 heavy (non-hydrogen) atoms. The molecule has 0 amide bonds. The second kappa shape index (κ2) is 6.33. The van der Waals surface area contributed by atoms with Crippen LogP contribution in [0.4, 0.5) is 5.69 Å². The predicted octanol–water partition coefficient (Wildman–Crippen LogP) is 2.75. The van der Waals surface area contributed by atoms with Crippen LogP contribution < -0.4 is 5.43 Å². The van der Waals surface area contributed by atoms with Crippen LogP contribution in [0.2, 0.25) is 0 Å². The first-order chi connectivity index (χ1) is 13.3. The Morgan fingerprint density at radius 1 is 1.15 bits per heavy atom. The molecule has 2 aliphatic rings. The molecule has 0 atom stereocenters. The van der Waals surface area contributed by atoms with Crippen LogP contribution in [-0.2, 0) is 11.4 Å². The van der Waals surface area contributed by atoms with Crippen LogP contribution in [0.1, 0.15) is 51.0 Å². The predicted molar refractivity (Wildman–Crippen MR) is 100 cm³/mol. The summed E-state index contributed by atoms with van der Waals surface area (Å²) in [6, 6.07) is 0. The number of nitrogens with one attached hydrogen (secondary N) is 1. The lowest BCUT2D eigenvalue weighted by Gasteiger charge is -2.30. The fourth-order valence-corrected chi connectivity index (χ4v) is 4.12. The molecule has 5 rings (SSSR count). The molecule has 1 aliphatic carbocycles. The molecule has 9 heteroatoms. The number of pyridine rings is 1. The average molecular weight is 366 g/mol. The second-order valence-electron chi connectivity index (χ2n) is 7.28. The molecule has 0 unspecified atom stereocenters. The maximum atomic E-state index is 5.96. The van der Waals surface area contributed by atoms with Gasteiger partial charge in [-0.25, -0.2) is 14.3 Å². The average Bonchev–Trinajstić information content (AvgIpc) is 3.43. The summed E-state index contributed by atoms with van der Waals surface area (Å²) in [5.41, 5.74) is 6.84. The van der Waals surface area contributed by atoms with Gasteiger partial charge in [0.2, 0.25) is 0 Å². The van der Waals surface area contributed by atoms with Crippen molar-refractivity contribution in [2.45, 2.75) is 57.6 Å². The highest BCUT2D eigenvalue weighted by atomic mass is 16.7. The normalized spacial score (nSPS) is 18.6. The van der Waals surface area contributed by atoms with Crippen molar-refractivity contribution in [3.05, 3.63) is 30.6 Å². The van der Waals surface area contributed by atoms with Crippen LogP contribution in [0.3, 0.4) is 0 Å². The van der Waals surface area contributed by atoms with Crippen molar-refractivity contribution in [1.29, 1.82) is 0 Å². The minimum atomic E-state index is -0.135. The van der Waals surface area contributed by atoms with Crippen molar-refractivity contribution in [2.75, 3.05) is 5.43 Å². The minimum Gasteiger partial charge on any atom is -0.389 e. The van der Waals surface area contributed by atoms with Gasteiger partial charge in [-0.1, -0.05) is 11.6 Å². The van der Waals surface area contributed by atoms with Gasteiger partial charge in [-0.05, 0) is 32.6 Å². The fourth-order valence-electron chi connectivity index (χ4n) is 4.12. The molecule has 1 aliphatic heterocycles. The van der Waals surface area contributed by atoms with Gasteiger partial charge in [0.05, 0.1) is 23.0 Å². The first-order valence-electron chi connectivity index (χ1n) is 9.50. The Kier molecular flexibility index (Phi) is 3.80. The molecule has 4 heterocycles. The molecule has 0 bridgehead atoms. The van der Waals surface area contributed by atoms with Crippen molar-refractivity contribution < 1.29 is 4.84 Å². The summed E-state index contributed by atoms with van der Waals surface area (Å²) in [7, 11) is 0. The van der Waals surface area contributed by atoms with E-state index in [2.05, 4.69) is 37.8 Å². The van der Waals surface area contributed by atoms with Crippen LogP contribution >= 0.6 is 0 Å². The molecule has 1 fully saturated rings. The number of oxime groups is 1. The molecule has 3 aromatic heterocycles. The van der Waals surface area contributed by atoms with Crippen LogP contribution in [0, 0.1) is 0 Å². The zero-order valence-corrected chi connectivity index (χ0v) is 15.3. The largest absolute Gasteiger partial charge is 0.389 e. The van der Waals surface area contributed by atoms with Crippen molar-refractivity contribution in [1.82, 2.24) is 29.6 Å². The third kappa shape index (κ3) is 2.73. The zero-order valence-electron chi connectivity index (χ0n) is 15.3. The molecular weight excluding hydrogens is 344 g/mol. The van der Waals surface area contributed by atoms with Gasteiger partial charge < -0.3 is 4.84 Å². The Morgan fingerprint density at radius 3 is 2.74 bits per heavy atom. The SMILES string of the molecule is CCn1ncc2c(Nn3cnnc3)c(C3=NOC4(CCCCC4)C3)cnc21. The molecule has 0 radical (unpaired) electrons. The molecule has 1 N–H and O–H groups in total. The third-order valence-corrected chi connectivity index (χ3v) is 5.54. The van der Waals surface area contributed by atoms with E-state index in [1.807, 2.05) is 17.1 Å². The summed E-state index contributed by atoms with van der Waals surface area (Å²) in [5.74, 6) is 0. The maximum absolute atomic E-state index is 5.96. The number of rotatable bonds is 4. The molecule has 0 saturated heterocycles. The lowest BCUT2D eigenvalue weighted by molar-refractivity contribution is -0.0449.